The van der Waals surface area contributed by atoms with E-state index in [1.165, 1.54) is 39.5 Å². The van der Waals surface area contributed by atoms with Crippen LogP contribution in [0.3, 0.4) is 0 Å². The molecule has 31 heavy (non-hydrogen) atoms. The van der Waals surface area contributed by atoms with Crippen LogP contribution in [0.1, 0.15) is 47.7 Å². The fourth-order valence-corrected chi connectivity index (χ4v) is 3.88. The zero-order valence-corrected chi connectivity index (χ0v) is 18.8. The van der Waals surface area contributed by atoms with Gasteiger partial charge in [0.15, 0.2) is 11.5 Å². The van der Waals surface area contributed by atoms with E-state index in [9.17, 15) is 4.79 Å². The van der Waals surface area contributed by atoms with E-state index in [0.29, 0.717) is 17.1 Å². The van der Waals surface area contributed by atoms with Crippen molar-refractivity contribution in [2.24, 2.45) is 5.10 Å². The highest BCUT2D eigenvalue weighted by atomic mass is 16.5. The van der Waals surface area contributed by atoms with Crippen LogP contribution in [0.5, 0.6) is 17.2 Å². The molecular formula is C24H32N3O4+. The summed E-state index contributed by atoms with van der Waals surface area (Å²) in [6.45, 7) is 5.21. The molecule has 1 amide bonds. The van der Waals surface area contributed by atoms with Gasteiger partial charge in [0.2, 0.25) is 0 Å². The van der Waals surface area contributed by atoms with Gasteiger partial charge in [0.1, 0.15) is 12.3 Å². The van der Waals surface area contributed by atoms with Crippen LogP contribution in [-0.2, 0) is 6.54 Å². The molecule has 1 heterocycles. The van der Waals surface area contributed by atoms with Crippen LogP contribution in [0, 0.1) is 0 Å². The van der Waals surface area contributed by atoms with Gasteiger partial charge in [0, 0.05) is 11.1 Å². The molecule has 0 bridgehead atoms. The summed E-state index contributed by atoms with van der Waals surface area (Å²) in [5.74, 6) is 1.65. The van der Waals surface area contributed by atoms with Gasteiger partial charge >= 0.3 is 0 Å². The number of hydrazone groups is 1. The molecule has 0 radical (unpaired) electrons. The number of quaternary nitrogens is 1. The second-order valence-corrected chi connectivity index (χ2v) is 7.72. The number of ether oxygens (including phenoxy) is 3. The Morgan fingerprint density at radius 1 is 0.903 bits per heavy atom. The van der Waals surface area contributed by atoms with Crippen molar-refractivity contribution in [2.75, 3.05) is 34.4 Å². The van der Waals surface area contributed by atoms with Crippen LogP contribution in [0.4, 0.5) is 0 Å². The minimum atomic E-state index is -0.313. The molecule has 0 atom stereocenters. The molecule has 0 aliphatic carbocycles. The van der Waals surface area contributed by atoms with Gasteiger partial charge in [-0.2, -0.15) is 5.10 Å². The van der Waals surface area contributed by atoms with Crippen LogP contribution in [-0.4, -0.2) is 46.0 Å². The second-order valence-electron chi connectivity index (χ2n) is 7.72. The van der Waals surface area contributed by atoms with Crippen LogP contribution >= 0.6 is 0 Å². The number of amides is 1. The summed E-state index contributed by atoms with van der Waals surface area (Å²) in [6.07, 6.45) is 3.88. The predicted octanol–water partition coefficient (Wildman–Crippen LogP) is 2.44. The van der Waals surface area contributed by atoms with Crippen LogP contribution < -0.4 is 24.5 Å². The molecule has 7 nitrogen and oxygen atoms in total. The van der Waals surface area contributed by atoms with Gasteiger partial charge in [-0.05, 0) is 68.1 Å². The normalized spacial score (nSPS) is 14.8. The van der Waals surface area contributed by atoms with E-state index in [4.69, 9.17) is 14.2 Å². The quantitative estimate of drug-likeness (QED) is 0.502. The molecule has 166 valence electrons. The summed E-state index contributed by atoms with van der Waals surface area (Å²) in [6, 6.07) is 11.1. The number of hydrogen-bond donors (Lipinski definition) is 2. The van der Waals surface area contributed by atoms with Crippen molar-refractivity contribution in [1.82, 2.24) is 5.43 Å². The number of piperidine rings is 1. The summed E-state index contributed by atoms with van der Waals surface area (Å²) in [5, 5.41) is 4.31. The third kappa shape index (κ3) is 5.76. The van der Waals surface area contributed by atoms with Gasteiger partial charge in [0.25, 0.3) is 5.91 Å². The lowest BCUT2D eigenvalue weighted by Gasteiger charge is -2.24. The Morgan fingerprint density at radius 3 is 2.23 bits per heavy atom. The summed E-state index contributed by atoms with van der Waals surface area (Å²) < 4.78 is 16.1. The van der Waals surface area contributed by atoms with Crippen LogP contribution in [0.2, 0.25) is 0 Å². The number of methoxy groups -OCH3 is 3. The van der Waals surface area contributed by atoms with Crippen molar-refractivity contribution in [3.05, 3.63) is 53.1 Å². The minimum absolute atomic E-state index is 0.313. The molecule has 1 aliphatic rings. The molecule has 0 aromatic heterocycles. The standard InChI is InChI=1S/C24H31N3O4/c1-17(25-26-24(28)19-9-11-22(30-3)23(15-19)31-4)18-8-10-21(29-2)20(14-18)16-27-12-6-5-7-13-27/h8-11,14-15H,5-7,12-13,16H2,1-4H3,(H,26,28)/p+1/b25-17-. The third-order valence-corrected chi connectivity index (χ3v) is 5.67. The Kier molecular flexibility index (Phi) is 7.89. The maximum atomic E-state index is 12.5. The topological polar surface area (TPSA) is 73.6 Å². The van der Waals surface area contributed by atoms with E-state index in [-0.39, 0.29) is 5.91 Å². The molecule has 0 spiro atoms. The number of carbonyl (C=O) groups is 1. The van der Waals surface area contributed by atoms with Crippen molar-refractivity contribution in [2.45, 2.75) is 32.7 Å². The Labute approximate surface area is 184 Å². The van der Waals surface area contributed by atoms with Crippen molar-refractivity contribution >= 4 is 11.6 Å². The smallest absolute Gasteiger partial charge is 0.271 e. The number of benzene rings is 2. The monoisotopic (exact) mass is 426 g/mol. The fraction of sp³-hybridized carbons (Fsp3) is 0.417. The summed E-state index contributed by atoms with van der Waals surface area (Å²) in [5.41, 5.74) is 5.93. The van der Waals surface area contributed by atoms with E-state index in [0.717, 1.165) is 29.1 Å². The molecular weight excluding hydrogens is 394 g/mol. The van der Waals surface area contributed by atoms with Crippen molar-refractivity contribution in [3.63, 3.8) is 0 Å². The Balaban J connectivity index is 1.73. The molecule has 1 saturated heterocycles. The van der Waals surface area contributed by atoms with Gasteiger partial charge in [-0.3, -0.25) is 4.79 Å². The maximum Gasteiger partial charge on any atom is 0.271 e. The lowest BCUT2D eigenvalue weighted by Crippen LogP contribution is -3.11. The number of rotatable bonds is 8. The number of likely N-dealkylation sites (tertiary alicyclic amines) is 1. The fourth-order valence-electron chi connectivity index (χ4n) is 3.88. The van der Waals surface area contributed by atoms with Crippen LogP contribution in [0.15, 0.2) is 41.5 Å². The first-order chi connectivity index (χ1) is 15.0. The first-order valence-electron chi connectivity index (χ1n) is 10.6. The van der Waals surface area contributed by atoms with E-state index in [2.05, 4.69) is 16.6 Å². The lowest BCUT2D eigenvalue weighted by atomic mass is 10.0. The molecule has 7 heteroatoms. The van der Waals surface area contributed by atoms with Crippen molar-refractivity contribution in [3.8, 4) is 17.2 Å². The highest BCUT2D eigenvalue weighted by molar-refractivity contribution is 6.01. The van der Waals surface area contributed by atoms with Crippen molar-refractivity contribution in [1.29, 1.82) is 0 Å². The molecule has 3 rings (SSSR count). The van der Waals surface area contributed by atoms with Gasteiger partial charge in [-0.1, -0.05) is 0 Å². The number of carbonyl (C=O) groups excluding carboxylic acids is 1. The van der Waals surface area contributed by atoms with Gasteiger partial charge < -0.3 is 19.1 Å². The maximum absolute atomic E-state index is 12.5. The summed E-state index contributed by atoms with van der Waals surface area (Å²) in [4.78, 5) is 14.1. The SMILES string of the molecule is COc1ccc(/C(C)=N\NC(=O)c2ccc(OC)c(OC)c2)cc1C[NH+]1CCCCC1. The second kappa shape index (κ2) is 10.8. The van der Waals surface area contributed by atoms with E-state index in [1.54, 1.807) is 37.3 Å². The molecule has 0 saturated carbocycles. The molecule has 2 aromatic carbocycles. The largest absolute Gasteiger partial charge is 0.496 e. The number of nitrogens with zero attached hydrogens (tertiary/aromatic N) is 1. The molecule has 2 N–H and O–H groups in total. The van der Waals surface area contributed by atoms with Crippen molar-refractivity contribution < 1.29 is 23.9 Å². The molecule has 1 aliphatic heterocycles. The zero-order valence-electron chi connectivity index (χ0n) is 18.8. The molecule has 1 fully saturated rings. The zero-order chi connectivity index (χ0) is 22.2. The highest BCUT2D eigenvalue weighted by Crippen LogP contribution is 2.27. The number of hydrogen-bond acceptors (Lipinski definition) is 5. The van der Waals surface area contributed by atoms with Crippen LogP contribution in [0.25, 0.3) is 0 Å². The van der Waals surface area contributed by atoms with Gasteiger partial charge in [0.05, 0.1) is 40.1 Å². The third-order valence-electron chi connectivity index (χ3n) is 5.67. The average Bonchev–Trinajstić information content (AvgIpc) is 2.82. The number of nitrogens with one attached hydrogen (secondary N) is 2. The van der Waals surface area contributed by atoms with E-state index >= 15 is 0 Å². The predicted molar refractivity (Wildman–Crippen MR) is 120 cm³/mol. The van der Waals surface area contributed by atoms with E-state index in [1.807, 2.05) is 19.1 Å². The lowest BCUT2D eigenvalue weighted by molar-refractivity contribution is -0.918. The molecule has 2 aromatic rings. The first kappa shape index (κ1) is 22.6. The Hall–Kier alpha value is -3.06. The van der Waals surface area contributed by atoms with E-state index < -0.39 is 0 Å². The Morgan fingerprint density at radius 2 is 1.55 bits per heavy atom. The van der Waals surface area contributed by atoms with Gasteiger partial charge in [-0.25, -0.2) is 5.43 Å². The summed E-state index contributed by atoms with van der Waals surface area (Å²) in [7, 11) is 4.80. The van der Waals surface area contributed by atoms with Gasteiger partial charge in [-0.15, -0.1) is 0 Å². The summed E-state index contributed by atoms with van der Waals surface area (Å²) >= 11 is 0. The molecule has 0 unspecified atom stereocenters. The first-order valence-corrected chi connectivity index (χ1v) is 10.6. The average molecular weight is 427 g/mol. The highest BCUT2D eigenvalue weighted by Gasteiger charge is 2.17. The minimum Gasteiger partial charge on any atom is -0.496 e. The Bertz CT molecular complexity index is 936.